The predicted molar refractivity (Wildman–Crippen MR) is 96.3 cm³/mol. The van der Waals surface area contributed by atoms with E-state index in [0.29, 0.717) is 17.0 Å². The molecule has 0 unspecified atom stereocenters. The molecule has 2 aromatic carbocycles. The molecule has 26 heavy (non-hydrogen) atoms. The molecule has 2 rings (SSSR count). The Labute approximate surface area is 151 Å². The van der Waals surface area contributed by atoms with E-state index in [0.717, 1.165) is 0 Å². The lowest BCUT2D eigenvalue weighted by molar-refractivity contribution is -0.118. The lowest BCUT2D eigenvalue weighted by atomic mass is 10.1. The van der Waals surface area contributed by atoms with Crippen LogP contribution in [-0.2, 0) is 4.79 Å². The Morgan fingerprint density at radius 1 is 1.19 bits per heavy atom. The molecule has 0 saturated heterocycles. The highest BCUT2D eigenvalue weighted by Gasteiger charge is 2.19. The molecule has 0 aliphatic heterocycles. The second-order valence-electron chi connectivity index (χ2n) is 5.84. The lowest BCUT2D eigenvalue weighted by Gasteiger charge is -2.17. The number of nitrogens with one attached hydrogen (secondary N) is 1. The zero-order valence-electron chi connectivity index (χ0n) is 15.1. The molecule has 0 aromatic heterocycles. The van der Waals surface area contributed by atoms with Crippen LogP contribution in [-0.4, -0.2) is 44.5 Å². The summed E-state index contributed by atoms with van der Waals surface area (Å²) in [5, 5.41) is 2.55. The van der Waals surface area contributed by atoms with Crippen LogP contribution in [0.3, 0.4) is 0 Å². The van der Waals surface area contributed by atoms with Gasteiger partial charge in [0.25, 0.3) is 11.8 Å². The third kappa shape index (κ3) is 4.50. The van der Waals surface area contributed by atoms with E-state index in [1.165, 1.54) is 18.1 Å². The van der Waals surface area contributed by atoms with Crippen molar-refractivity contribution in [1.29, 1.82) is 0 Å². The largest absolute Gasteiger partial charge is 0.493 e. The molecule has 0 radical (unpaired) electrons. The summed E-state index contributed by atoms with van der Waals surface area (Å²) in [5.74, 6) is -0.652. The highest BCUT2D eigenvalue weighted by atomic mass is 19.1. The molecule has 7 heteroatoms. The number of halogens is 1. The van der Waals surface area contributed by atoms with Crippen LogP contribution in [0.5, 0.6) is 11.5 Å². The number of carbonyl (C=O) groups excluding carboxylic acids is 2. The Bertz CT molecular complexity index is 821. The van der Waals surface area contributed by atoms with E-state index >= 15 is 0 Å². The van der Waals surface area contributed by atoms with Crippen molar-refractivity contribution in [2.24, 2.45) is 0 Å². The number of rotatable bonds is 6. The smallest absolute Gasteiger partial charge is 0.262 e. The van der Waals surface area contributed by atoms with Crippen LogP contribution in [0, 0.1) is 12.7 Å². The highest BCUT2D eigenvalue weighted by molar-refractivity contribution is 5.98. The fourth-order valence-electron chi connectivity index (χ4n) is 2.24. The third-order valence-corrected chi connectivity index (χ3v) is 3.64. The van der Waals surface area contributed by atoms with Crippen LogP contribution in [0.25, 0.3) is 0 Å². The Morgan fingerprint density at radius 3 is 2.54 bits per heavy atom. The average Bonchev–Trinajstić information content (AvgIpc) is 2.62. The van der Waals surface area contributed by atoms with Gasteiger partial charge in [0.05, 0.1) is 12.7 Å². The maximum Gasteiger partial charge on any atom is 0.262 e. The van der Waals surface area contributed by atoms with Crippen molar-refractivity contribution in [2.45, 2.75) is 6.92 Å². The predicted octanol–water partition coefficient (Wildman–Crippen LogP) is 2.86. The number of hydrogen-bond donors (Lipinski definition) is 1. The Kier molecular flexibility index (Phi) is 6.16. The summed E-state index contributed by atoms with van der Waals surface area (Å²) < 4.78 is 24.3. The molecule has 0 aliphatic carbocycles. The summed E-state index contributed by atoms with van der Waals surface area (Å²) in [6.07, 6.45) is 0. The van der Waals surface area contributed by atoms with Gasteiger partial charge in [-0.2, -0.15) is 0 Å². The van der Waals surface area contributed by atoms with Gasteiger partial charge >= 0.3 is 0 Å². The zero-order valence-corrected chi connectivity index (χ0v) is 15.1. The van der Waals surface area contributed by atoms with Gasteiger partial charge in [0.15, 0.2) is 18.1 Å². The van der Waals surface area contributed by atoms with Crippen LogP contribution in [0.15, 0.2) is 36.4 Å². The molecular formula is C19H21FN2O4. The quantitative estimate of drug-likeness (QED) is 0.860. The van der Waals surface area contributed by atoms with E-state index < -0.39 is 11.7 Å². The summed E-state index contributed by atoms with van der Waals surface area (Å²) in [5.41, 5.74) is 1.09. The molecule has 0 saturated carbocycles. The monoisotopic (exact) mass is 360 g/mol. The molecular weight excluding hydrogens is 339 g/mol. The zero-order chi connectivity index (χ0) is 19.3. The summed E-state index contributed by atoms with van der Waals surface area (Å²) in [4.78, 5) is 25.8. The molecule has 6 nitrogen and oxygen atoms in total. The van der Waals surface area contributed by atoms with Crippen molar-refractivity contribution in [3.63, 3.8) is 0 Å². The summed E-state index contributed by atoms with van der Waals surface area (Å²) >= 11 is 0. The number of aryl methyl sites for hydroxylation is 1. The van der Waals surface area contributed by atoms with Gasteiger partial charge in [-0.3, -0.25) is 9.59 Å². The van der Waals surface area contributed by atoms with E-state index in [9.17, 15) is 14.0 Å². The maximum atomic E-state index is 13.6. The van der Waals surface area contributed by atoms with Gasteiger partial charge < -0.3 is 19.7 Å². The van der Waals surface area contributed by atoms with Crippen molar-refractivity contribution < 1.29 is 23.5 Å². The molecule has 0 heterocycles. The number of nitrogens with zero attached hydrogens (tertiary/aromatic N) is 1. The fraction of sp³-hybridized carbons (Fsp3) is 0.263. The first-order valence-corrected chi connectivity index (χ1v) is 7.91. The molecule has 2 amide bonds. The second kappa shape index (κ2) is 8.33. The van der Waals surface area contributed by atoms with E-state index in [-0.39, 0.29) is 23.8 Å². The average molecular weight is 360 g/mol. The molecule has 138 valence electrons. The third-order valence-electron chi connectivity index (χ3n) is 3.64. The lowest BCUT2D eigenvalue weighted by Crippen LogP contribution is -2.24. The van der Waals surface area contributed by atoms with Crippen LogP contribution in [0.4, 0.5) is 10.1 Å². The van der Waals surface area contributed by atoms with Crippen molar-refractivity contribution in [1.82, 2.24) is 4.90 Å². The minimum absolute atomic E-state index is 0.180. The van der Waals surface area contributed by atoms with Gasteiger partial charge in [-0.25, -0.2) is 4.39 Å². The number of methoxy groups -OCH3 is 1. The van der Waals surface area contributed by atoms with Crippen molar-refractivity contribution in [2.75, 3.05) is 33.1 Å². The van der Waals surface area contributed by atoms with Crippen molar-refractivity contribution in [3.8, 4) is 11.5 Å². The van der Waals surface area contributed by atoms with Gasteiger partial charge in [0.1, 0.15) is 5.82 Å². The first-order valence-electron chi connectivity index (χ1n) is 7.91. The number of carbonyl (C=O) groups is 2. The van der Waals surface area contributed by atoms with E-state index in [2.05, 4.69) is 5.32 Å². The Hall–Kier alpha value is -3.09. The topological polar surface area (TPSA) is 67.9 Å². The van der Waals surface area contributed by atoms with Crippen molar-refractivity contribution >= 4 is 17.5 Å². The van der Waals surface area contributed by atoms with Gasteiger partial charge in [-0.05, 0) is 36.8 Å². The Morgan fingerprint density at radius 2 is 1.92 bits per heavy atom. The number of benzene rings is 2. The van der Waals surface area contributed by atoms with E-state index in [1.54, 1.807) is 51.4 Å². The number of para-hydroxylation sites is 1. The molecule has 0 spiro atoms. The Balaban J connectivity index is 2.13. The second-order valence-corrected chi connectivity index (χ2v) is 5.84. The van der Waals surface area contributed by atoms with Crippen LogP contribution >= 0.6 is 0 Å². The van der Waals surface area contributed by atoms with Gasteiger partial charge in [-0.15, -0.1) is 0 Å². The first kappa shape index (κ1) is 19.2. The maximum absolute atomic E-state index is 13.6. The summed E-state index contributed by atoms with van der Waals surface area (Å²) in [7, 11) is 4.68. The number of hydrogen-bond acceptors (Lipinski definition) is 4. The van der Waals surface area contributed by atoms with E-state index in [1.807, 2.05) is 0 Å². The van der Waals surface area contributed by atoms with Gasteiger partial charge in [0.2, 0.25) is 0 Å². The minimum Gasteiger partial charge on any atom is -0.493 e. The number of amides is 2. The summed E-state index contributed by atoms with van der Waals surface area (Å²) in [6.45, 7) is 1.28. The normalized spacial score (nSPS) is 10.2. The standard InChI is InChI=1S/C19H21FN2O4/c1-12-8-9-13(10-15(12)20)21-17(23)11-26-18-14(19(24)22(2)3)6-5-7-16(18)25-4/h5-10H,11H2,1-4H3,(H,21,23). The molecule has 0 bridgehead atoms. The summed E-state index contributed by atoms with van der Waals surface area (Å²) in [6, 6.07) is 9.29. The number of ether oxygens (including phenoxy) is 2. The molecule has 0 aliphatic rings. The molecule has 0 fully saturated rings. The first-order chi connectivity index (χ1) is 12.3. The van der Waals surface area contributed by atoms with Gasteiger partial charge in [0, 0.05) is 19.8 Å². The molecule has 0 atom stereocenters. The SMILES string of the molecule is COc1cccc(C(=O)N(C)C)c1OCC(=O)Nc1ccc(C)c(F)c1. The highest BCUT2D eigenvalue weighted by Crippen LogP contribution is 2.31. The van der Waals surface area contributed by atoms with E-state index in [4.69, 9.17) is 9.47 Å². The number of anilines is 1. The van der Waals surface area contributed by atoms with Crippen LogP contribution in [0.2, 0.25) is 0 Å². The minimum atomic E-state index is -0.484. The van der Waals surface area contributed by atoms with Crippen LogP contribution < -0.4 is 14.8 Å². The molecule has 1 N–H and O–H groups in total. The van der Waals surface area contributed by atoms with Gasteiger partial charge in [-0.1, -0.05) is 12.1 Å². The van der Waals surface area contributed by atoms with Crippen molar-refractivity contribution in [3.05, 3.63) is 53.3 Å². The molecule has 2 aromatic rings. The fourth-order valence-corrected chi connectivity index (χ4v) is 2.24. The van der Waals surface area contributed by atoms with Crippen LogP contribution in [0.1, 0.15) is 15.9 Å².